The maximum absolute atomic E-state index is 12.9. The van der Waals surface area contributed by atoms with Gasteiger partial charge in [0.05, 0.1) is 0 Å². The normalized spacial score (nSPS) is 13.6. The van der Waals surface area contributed by atoms with Gasteiger partial charge in [0.15, 0.2) is 11.4 Å². The first-order valence-corrected chi connectivity index (χ1v) is 8.29. The number of carbonyl (C=O) groups excluding carboxylic acids is 1. The molecule has 0 amide bonds. The topological polar surface area (TPSA) is 66.8 Å². The first kappa shape index (κ1) is 17.5. The molecule has 23 heavy (non-hydrogen) atoms. The van der Waals surface area contributed by atoms with Gasteiger partial charge >= 0.3 is 8.60 Å². The van der Waals surface area contributed by atoms with Crippen molar-refractivity contribution in [1.29, 1.82) is 0 Å². The lowest BCUT2D eigenvalue weighted by atomic mass is 9.81. The lowest BCUT2D eigenvalue weighted by molar-refractivity contribution is -0.132. The van der Waals surface area contributed by atoms with E-state index in [4.69, 9.17) is 4.52 Å². The Bertz CT molecular complexity index is 670. The van der Waals surface area contributed by atoms with Crippen LogP contribution in [-0.2, 0) is 21.3 Å². The van der Waals surface area contributed by atoms with E-state index in [2.05, 4.69) is 6.58 Å². The van der Waals surface area contributed by atoms with Crippen LogP contribution in [0.3, 0.4) is 0 Å². The van der Waals surface area contributed by atoms with Crippen molar-refractivity contribution in [3.8, 4) is 0 Å². The summed E-state index contributed by atoms with van der Waals surface area (Å²) in [6, 6.07) is 18.2. The average Bonchev–Trinajstić information content (AvgIpc) is 2.54. The number of benzene rings is 2. The van der Waals surface area contributed by atoms with E-state index in [9.17, 15) is 14.6 Å². The molecule has 0 aliphatic carbocycles. The van der Waals surface area contributed by atoms with Gasteiger partial charge in [0, 0.05) is 6.42 Å². The monoisotopic (exact) mass is 330 g/mol. The van der Waals surface area contributed by atoms with E-state index >= 15 is 0 Å². The highest BCUT2D eigenvalue weighted by Gasteiger charge is 2.43. The third-order valence-electron chi connectivity index (χ3n) is 3.53. The number of hydrogen-bond donors (Lipinski definition) is 2. The minimum absolute atomic E-state index is 0.184. The fourth-order valence-electron chi connectivity index (χ4n) is 2.51. The highest BCUT2D eigenvalue weighted by atomic mass is 31.2. The maximum Gasteiger partial charge on any atom is 0.328 e. The minimum atomic E-state index is -2.73. The molecule has 0 saturated carbocycles. The molecule has 0 fully saturated rings. The van der Waals surface area contributed by atoms with Gasteiger partial charge in [0.1, 0.15) is 0 Å². The van der Waals surface area contributed by atoms with Crippen LogP contribution in [0.5, 0.6) is 0 Å². The van der Waals surface area contributed by atoms with Gasteiger partial charge in [-0.2, -0.15) is 0 Å². The molecule has 4 nitrogen and oxygen atoms in total. The third-order valence-corrected chi connectivity index (χ3v) is 4.00. The van der Waals surface area contributed by atoms with Crippen LogP contribution in [0.15, 0.2) is 72.8 Å². The first-order chi connectivity index (χ1) is 11.0. The quantitative estimate of drug-likeness (QED) is 0.602. The molecule has 120 valence electrons. The van der Waals surface area contributed by atoms with Crippen LogP contribution in [0.25, 0.3) is 0 Å². The van der Waals surface area contributed by atoms with Crippen LogP contribution in [-0.4, -0.2) is 15.6 Å². The molecule has 2 rings (SSSR count). The summed E-state index contributed by atoms with van der Waals surface area (Å²) >= 11 is 0. The first-order valence-electron chi connectivity index (χ1n) is 7.12. The van der Waals surface area contributed by atoms with Gasteiger partial charge in [-0.05, 0) is 23.6 Å². The molecule has 2 aromatic rings. The summed E-state index contributed by atoms with van der Waals surface area (Å²) in [5.41, 5.74) is 0.195. The second-order valence-electron chi connectivity index (χ2n) is 5.31. The molecule has 0 radical (unpaired) electrons. The SMILES string of the molecule is C=C(C)C(=O)C(Cc1ccccc1)(OP(O)O)c1ccccc1. The highest BCUT2D eigenvalue weighted by Crippen LogP contribution is 2.43. The predicted octanol–water partition coefficient (Wildman–Crippen LogP) is 3.50. The Morgan fingerprint density at radius 2 is 1.61 bits per heavy atom. The van der Waals surface area contributed by atoms with Gasteiger partial charge in [-0.15, -0.1) is 0 Å². The largest absolute Gasteiger partial charge is 0.328 e. The highest BCUT2D eigenvalue weighted by molar-refractivity contribution is 7.39. The van der Waals surface area contributed by atoms with Gasteiger partial charge in [0.25, 0.3) is 0 Å². The van der Waals surface area contributed by atoms with Crippen molar-refractivity contribution in [3.05, 3.63) is 83.9 Å². The Hall–Kier alpha value is -1.84. The van der Waals surface area contributed by atoms with Crippen LogP contribution in [0.4, 0.5) is 0 Å². The molecule has 0 aliphatic heterocycles. The molecule has 0 aromatic heterocycles. The molecule has 0 saturated heterocycles. The smallest absolute Gasteiger partial charge is 0.328 e. The van der Waals surface area contributed by atoms with Gasteiger partial charge < -0.3 is 9.79 Å². The van der Waals surface area contributed by atoms with Gasteiger partial charge in [-0.3, -0.25) is 9.32 Å². The van der Waals surface area contributed by atoms with Crippen LogP contribution in [0.1, 0.15) is 18.1 Å². The predicted molar refractivity (Wildman–Crippen MR) is 90.5 cm³/mol. The Kier molecular flexibility index (Phi) is 5.80. The van der Waals surface area contributed by atoms with Crippen molar-refractivity contribution in [2.24, 2.45) is 0 Å². The number of hydrogen-bond acceptors (Lipinski definition) is 4. The van der Waals surface area contributed by atoms with E-state index in [1.165, 1.54) is 0 Å². The second kappa shape index (κ2) is 7.62. The zero-order valence-corrected chi connectivity index (χ0v) is 13.7. The maximum atomic E-state index is 12.9. The summed E-state index contributed by atoms with van der Waals surface area (Å²) < 4.78 is 5.42. The van der Waals surface area contributed by atoms with E-state index in [-0.39, 0.29) is 12.2 Å². The van der Waals surface area contributed by atoms with Gasteiger partial charge in [-0.1, -0.05) is 67.2 Å². The summed E-state index contributed by atoms with van der Waals surface area (Å²) in [5, 5.41) is 0. The number of carbonyl (C=O) groups is 1. The molecule has 1 atom stereocenters. The molecule has 1 unspecified atom stereocenters. The second-order valence-corrected chi connectivity index (χ2v) is 6.00. The van der Waals surface area contributed by atoms with Crippen molar-refractivity contribution in [1.82, 2.24) is 0 Å². The molecule has 0 spiro atoms. The summed E-state index contributed by atoms with van der Waals surface area (Å²) in [4.78, 5) is 31.8. The van der Waals surface area contributed by atoms with Crippen LogP contribution in [0, 0.1) is 0 Å². The molecule has 2 aromatic carbocycles. The molecule has 2 N–H and O–H groups in total. The summed E-state index contributed by atoms with van der Waals surface area (Å²) in [6.07, 6.45) is 0.184. The van der Waals surface area contributed by atoms with Gasteiger partial charge in [0.2, 0.25) is 0 Å². The lowest BCUT2D eigenvalue weighted by Crippen LogP contribution is -2.40. The van der Waals surface area contributed by atoms with E-state index in [0.29, 0.717) is 11.1 Å². The molecule has 0 heterocycles. The van der Waals surface area contributed by atoms with Crippen LogP contribution in [0.2, 0.25) is 0 Å². The minimum Gasteiger partial charge on any atom is -0.328 e. The Labute approximate surface area is 137 Å². The molecule has 0 bridgehead atoms. The summed E-state index contributed by atoms with van der Waals surface area (Å²) in [6.45, 7) is 5.30. The van der Waals surface area contributed by atoms with E-state index in [1.54, 1.807) is 31.2 Å². The van der Waals surface area contributed by atoms with Crippen LogP contribution >= 0.6 is 8.60 Å². The zero-order chi connectivity index (χ0) is 16.9. The third kappa shape index (κ3) is 4.12. The van der Waals surface area contributed by atoms with E-state index in [1.807, 2.05) is 36.4 Å². The summed E-state index contributed by atoms with van der Waals surface area (Å²) in [5.74, 6) is -0.372. The number of Topliss-reactive ketones (excluding diaryl/α,β-unsaturated/α-hetero) is 1. The molecular weight excluding hydrogens is 311 g/mol. The zero-order valence-electron chi connectivity index (χ0n) is 12.8. The number of rotatable bonds is 7. The Balaban J connectivity index is 2.58. The van der Waals surface area contributed by atoms with Crippen molar-refractivity contribution in [3.63, 3.8) is 0 Å². The van der Waals surface area contributed by atoms with Crippen molar-refractivity contribution in [2.75, 3.05) is 0 Å². The fourth-order valence-corrected chi connectivity index (χ4v) is 3.05. The number of ketones is 1. The summed E-state index contributed by atoms with van der Waals surface area (Å²) in [7, 11) is -2.73. The van der Waals surface area contributed by atoms with E-state index < -0.39 is 14.2 Å². The van der Waals surface area contributed by atoms with Crippen molar-refractivity contribution >= 4 is 14.4 Å². The molecule has 0 aliphatic rings. The Morgan fingerprint density at radius 1 is 1.09 bits per heavy atom. The fraction of sp³-hybridized carbons (Fsp3) is 0.167. The van der Waals surface area contributed by atoms with Crippen molar-refractivity contribution in [2.45, 2.75) is 18.9 Å². The van der Waals surface area contributed by atoms with E-state index in [0.717, 1.165) is 5.56 Å². The molecule has 5 heteroatoms. The van der Waals surface area contributed by atoms with Crippen LogP contribution < -0.4 is 0 Å². The van der Waals surface area contributed by atoms with Gasteiger partial charge in [-0.25, -0.2) is 0 Å². The Morgan fingerprint density at radius 3 is 2.09 bits per heavy atom. The molecular formula is C18H19O4P. The lowest BCUT2D eigenvalue weighted by Gasteiger charge is -2.33. The standard InChI is InChI=1S/C18H19O4P/c1-14(2)17(19)18(22-23(20)21,16-11-7-4-8-12-16)13-15-9-5-3-6-10-15/h3-12,20-21H,1,13H2,2H3. The van der Waals surface area contributed by atoms with Crippen molar-refractivity contribution < 1.29 is 19.1 Å². The average molecular weight is 330 g/mol.